The van der Waals surface area contributed by atoms with E-state index in [1.54, 1.807) is 18.2 Å². The Labute approximate surface area is 144 Å². The molecule has 23 heavy (non-hydrogen) atoms. The molecule has 0 bridgehead atoms. The zero-order valence-corrected chi connectivity index (χ0v) is 14.4. The number of anilines is 1. The lowest BCUT2D eigenvalue weighted by atomic mass is 10.2. The van der Waals surface area contributed by atoms with Gasteiger partial charge >= 0.3 is 5.97 Å². The van der Waals surface area contributed by atoms with Crippen LogP contribution in [0.4, 0.5) is 5.69 Å². The van der Waals surface area contributed by atoms with Gasteiger partial charge in [0.2, 0.25) is 0 Å². The lowest BCUT2D eigenvalue weighted by molar-refractivity contribution is -0.135. The van der Waals surface area contributed by atoms with Gasteiger partial charge in [0.25, 0.3) is 10.0 Å². The molecule has 0 saturated carbocycles. The third kappa shape index (κ3) is 3.77. The summed E-state index contributed by atoms with van der Waals surface area (Å²) in [7, 11) is -4.13. The maximum atomic E-state index is 12.8. The van der Waals surface area contributed by atoms with Crippen LogP contribution >= 0.6 is 23.2 Å². The SMILES string of the molecule is Cc1ccc(S(=O)(=O)N(CC(=O)O)c2c(Cl)cccc2Cl)cc1. The van der Waals surface area contributed by atoms with Gasteiger partial charge in [0.1, 0.15) is 6.54 Å². The minimum absolute atomic E-state index is 0.0414. The first kappa shape index (κ1) is 17.6. The number of carbonyl (C=O) groups is 1. The van der Waals surface area contributed by atoms with E-state index in [9.17, 15) is 13.2 Å². The largest absolute Gasteiger partial charge is 0.480 e. The van der Waals surface area contributed by atoms with Crippen LogP contribution in [0, 0.1) is 6.92 Å². The molecule has 8 heteroatoms. The number of sulfonamides is 1. The van der Waals surface area contributed by atoms with Crippen LogP contribution in [0.25, 0.3) is 0 Å². The summed E-state index contributed by atoms with van der Waals surface area (Å²) in [5.41, 5.74) is 0.823. The summed E-state index contributed by atoms with van der Waals surface area (Å²) < 4.78 is 26.4. The molecule has 0 amide bonds. The summed E-state index contributed by atoms with van der Waals surface area (Å²) in [6.45, 7) is 1.02. The first-order valence-electron chi connectivity index (χ1n) is 6.48. The molecule has 0 atom stereocenters. The number of hydrogen-bond donors (Lipinski definition) is 1. The molecule has 0 aliphatic heterocycles. The van der Waals surface area contributed by atoms with Gasteiger partial charge in [0, 0.05) is 0 Å². The number of benzene rings is 2. The van der Waals surface area contributed by atoms with Crippen LogP contribution in [0.1, 0.15) is 5.56 Å². The summed E-state index contributed by atoms with van der Waals surface area (Å²) >= 11 is 12.1. The highest BCUT2D eigenvalue weighted by atomic mass is 35.5. The van der Waals surface area contributed by atoms with Crippen LogP contribution in [0.2, 0.25) is 10.0 Å². The summed E-state index contributed by atoms with van der Waals surface area (Å²) in [5.74, 6) is -1.32. The van der Waals surface area contributed by atoms with Crippen molar-refractivity contribution in [2.45, 2.75) is 11.8 Å². The third-order valence-corrected chi connectivity index (χ3v) is 5.44. The maximum absolute atomic E-state index is 12.8. The number of halogens is 2. The summed E-state index contributed by atoms with van der Waals surface area (Å²) in [4.78, 5) is 11.1. The predicted molar refractivity (Wildman–Crippen MR) is 89.8 cm³/mol. The van der Waals surface area contributed by atoms with E-state index < -0.39 is 22.5 Å². The molecule has 2 rings (SSSR count). The van der Waals surface area contributed by atoms with Crippen molar-refractivity contribution in [1.82, 2.24) is 0 Å². The standard InChI is InChI=1S/C15H13Cl2NO4S/c1-10-5-7-11(8-6-10)23(21,22)18(9-14(19)20)15-12(16)3-2-4-13(15)17/h2-8H,9H2,1H3,(H,19,20). The number of aryl methyl sites for hydroxylation is 1. The van der Waals surface area contributed by atoms with Crippen molar-refractivity contribution in [3.8, 4) is 0 Å². The second kappa shape index (κ2) is 6.78. The van der Waals surface area contributed by atoms with E-state index in [1.165, 1.54) is 24.3 Å². The minimum Gasteiger partial charge on any atom is -0.480 e. The molecular weight excluding hydrogens is 361 g/mol. The number of nitrogens with zero attached hydrogens (tertiary/aromatic N) is 1. The molecule has 0 aliphatic rings. The summed E-state index contributed by atoms with van der Waals surface area (Å²) in [6, 6.07) is 10.5. The molecule has 0 unspecified atom stereocenters. The van der Waals surface area contributed by atoms with E-state index >= 15 is 0 Å². The monoisotopic (exact) mass is 373 g/mol. The molecular formula is C15H13Cl2NO4S. The van der Waals surface area contributed by atoms with Gasteiger partial charge in [0.15, 0.2) is 0 Å². The van der Waals surface area contributed by atoms with E-state index in [-0.39, 0.29) is 20.6 Å². The highest BCUT2D eigenvalue weighted by Crippen LogP contribution is 2.36. The zero-order chi connectivity index (χ0) is 17.2. The molecule has 0 fully saturated rings. The van der Waals surface area contributed by atoms with E-state index in [0.717, 1.165) is 5.56 Å². The second-order valence-corrected chi connectivity index (χ2v) is 7.47. The molecule has 0 aliphatic carbocycles. The lowest BCUT2D eigenvalue weighted by Crippen LogP contribution is -2.36. The molecule has 0 radical (unpaired) electrons. The smallest absolute Gasteiger partial charge is 0.324 e. The predicted octanol–water partition coefficient (Wildman–Crippen LogP) is 3.58. The number of carboxylic acids is 1. The Morgan fingerprint density at radius 2 is 1.61 bits per heavy atom. The Balaban J connectivity index is 2.63. The number of para-hydroxylation sites is 1. The zero-order valence-electron chi connectivity index (χ0n) is 12.0. The average molecular weight is 374 g/mol. The number of carboxylic acid groups (broad SMARTS) is 1. The van der Waals surface area contributed by atoms with Crippen LogP contribution in [0.3, 0.4) is 0 Å². The van der Waals surface area contributed by atoms with Gasteiger partial charge in [-0.05, 0) is 31.2 Å². The number of rotatable bonds is 5. The highest BCUT2D eigenvalue weighted by molar-refractivity contribution is 7.92. The first-order valence-corrected chi connectivity index (χ1v) is 8.68. The van der Waals surface area contributed by atoms with E-state index in [2.05, 4.69) is 0 Å². The van der Waals surface area contributed by atoms with Crippen molar-refractivity contribution in [3.05, 3.63) is 58.1 Å². The fraction of sp³-hybridized carbons (Fsp3) is 0.133. The molecule has 0 spiro atoms. The number of aliphatic carboxylic acids is 1. The Hall–Kier alpha value is -1.76. The Bertz CT molecular complexity index is 815. The van der Waals surface area contributed by atoms with Crippen LogP contribution in [0.5, 0.6) is 0 Å². The summed E-state index contributed by atoms with van der Waals surface area (Å²) in [5, 5.41) is 9.19. The van der Waals surface area contributed by atoms with E-state index in [0.29, 0.717) is 4.31 Å². The van der Waals surface area contributed by atoms with Gasteiger partial charge in [-0.3, -0.25) is 9.10 Å². The third-order valence-electron chi connectivity index (χ3n) is 3.07. The molecule has 0 heterocycles. The molecule has 5 nitrogen and oxygen atoms in total. The topological polar surface area (TPSA) is 74.7 Å². The van der Waals surface area contributed by atoms with Crippen LogP contribution < -0.4 is 4.31 Å². The molecule has 0 saturated heterocycles. The minimum atomic E-state index is -4.13. The van der Waals surface area contributed by atoms with Gasteiger partial charge in [-0.25, -0.2) is 8.42 Å². The molecule has 1 N–H and O–H groups in total. The highest BCUT2D eigenvalue weighted by Gasteiger charge is 2.30. The van der Waals surface area contributed by atoms with E-state index in [1.807, 2.05) is 6.92 Å². The first-order chi connectivity index (χ1) is 10.7. The quantitative estimate of drug-likeness (QED) is 0.868. The van der Waals surface area contributed by atoms with Crippen LogP contribution in [-0.4, -0.2) is 26.0 Å². The lowest BCUT2D eigenvalue weighted by Gasteiger charge is -2.24. The molecule has 0 aromatic heterocycles. The van der Waals surface area contributed by atoms with Crippen molar-refractivity contribution < 1.29 is 18.3 Å². The Morgan fingerprint density at radius 3 is 2.09 bits per heavy atom. The molecule has 2 aromatic carbocycles. The summed E-state index contributed by atoms with van der Waals surface area (Å²) in [6.07, 6.45) is 0. The van der Waals surface area contributed by atoms with E-state index in [4.69, 9.17) is 28.3 Å². The number of hydrogen-bond acceptors (Lipinski definition) is 3. The fourth-order valence-corrected chi connectivity index (χ4v) is 4.13. The van der Waals surface area contributed by atoms with Gasteiger partial charge < -0.3 is 5.11 Å². The Kier molecular flexibility index (Phi) is 5.19. The van der Waals surface area contributed by atoms with Gasteiger partial charge in [-0.2, -0.15) is 0 Å². The normalized spacial score (nSPS) is 11.3. The van der Waals surface area contributed by atoms with Gasteiger partial charge in [0.05, 0.1) is 20.6 Å². The maximum Gasteiger partial charge on any atom is 0.324 e. The fourth-order valence-electron chi connectivity index (χ4n) is 1.97. The van der Waals surface area contributed by atoms with Gasteiger partial charge in [-0.1, -0.05) is 47.0 Å². The van der Waals surface area contributed by atoms with Crippen LogP contribution in [0.15, 0.2) is 47.4 Å². The second-order valence-electron chi connectivity index (χ2n) is 4.79. The van der Waals surface area contributed by atoms with Crippen molar-refractivity contribution in [2.75, 3.05) is 10.8 Å². The average Bonchev–Trinajstić information content (AvgIpc) is 2.46. The van der Waals surface area contributed by atoms with Crippen molar-refractivity contribution in [1.29, 1.82) is 0 Å². The van der Waals surface area contributed by atoms with Crippen molar-refractivity contribution in [3.63, 3.8) is 0 Å². The van der Waals surface area contributed by atoms with Gasteiger partial charge in [-0.15, -0.1) is 0 Å². The van der Waals surface area contributed by atoms with Crippen molar-refractivity contribution in [2.24, 2.45) is 0 Å². The van der Waals surface area contributed by atoms with Crippen LogP contribution in [-0.2, 0) is 14.8 Å². The van der Waals surface area contributed by atoms with Crippen molar-refractivity contribution >= 4 is 44.9 Å². The molecule has 2 aromatic rings. The molecule has 122 valence electrons. The Morgan fingerprint density at radius 1 is 1.09 bits per heavy atom.